The maximum Gasteiger partial charge on any atom is 0.168 e. The molecule has 0 saturated heterocycles. The smallest absolute Gasteiger partial charge is 0.168 e. The van der Waals surface area contributed by atoms with Gasteiger partial charge in [-0.25, -0.2) is 9.37 Å². The zero-order chi connectivity index (χ0) is 13.0. The molecule has 18 heavy (non-hydrogen) atoms. The van der Waals surface area contributed by atoms with Crippen LogP contribution in [0.4, 0.5) is 4.39 Å². The Bertz CT molecular complexity index is 510. The highest BCUT2D eigenvalue weighted by atomic mass is 32.2. The van der Waals surface area contributed by atoms with E-state index in [2.05, 4.69) is 11.9 Å². The van der Waals surface area contributed by atoms with Crippen molar-refractivity contribution in [1.29, 1.82) is 0 Å². The molecule has 96 valence electrons. The van der Waals surface area contributed by atoms with Gasteiger partial charge in [0, 0.05) is 12.7 Å². The maximum absolute atomic E-state index is 12.8. The van der Waals surface area contributed by atoms with Gasteiger partial charge in [0.25, 0.3) is 0 Å². The van der Waals surface area contributed by atoms with Crippen molar-refractivity contribution >= 4 is 11.8 Å². The molecule has 0 spiro atoms. The number of benzene rings is 1. The average Bonchev–Trinajstić information content (AvgIpc) is 2.75. The van der Waals surface area contributed by atoms with Crippen molar-refractivity contribution in [3.8, 4) is 0 Å². The first-order chi connectivity index (χ1) is 8.72. The van der Waals surface area contributed by atoms with Gasteiger partial charge in [0.05, 0.1) is 12.3 Å². The predicted octanol–water partition coefficient (Wildman–Crippen LogP) is 2.67. The van der Waals surface area contributed by atoms with Crippen LogP contribution in [0.3, 0.4) is 0 Å². The van der Waals surface area contributed by atoms with Gasteiger partial charge in [-0.15, -0.1) is 0 Å². The SMILES string of the molecule is CCSc1nc(CO)cn1Cc1ccc(F)cc1. The van der Waals surface area contributed by atoms with Gasteiger partial charge in [0.1, 0.15) is 5.82 Å². The Kier molecular flexibility index (Phi) is 4.38. The molecule has 0 amide bonds. The number of aromatic nitrogens is 2. The number of aliphatic hydroxyl groups is 1. The molecule has 1 N–H and O–H groups in total. The highest BCUT2D eigenvalue weighted by molar-refractivity contribution is 7.99. The molecule has 2 aromatic rings. The number of rotatable bonds is 5. The topological polar surface area (TPSA) is 38.1 Å². The first-order valence-corrected chi connectivity index (χ1v) is 6.75. The van der Waals surface area contributed by atoms with E-state index in [1.807, 2.05) is 10.8 Å². The summed E-state index contributed by atoms with van der Waals surface area (Å²) in [6.45, 7) is 2.63. The van der Waals surface area contributed by atoms with Crippen molar-refractivity contribution in [1.82, 2.24) is 9.55 Å². The third-order valence-corrected chi connectivity index (χ3v) is 3.36. The van der Waals surface area contributed by atoms with Crippen LogP contribution in [-0.2, 0) is 13.2 Å². The molecule has 0 aliphatic rings. The van der Waals surface area contributed by atoms with Crippen LogP contribution >= 0.6 is 11.8 Å². The van der Waals surface area contributed by atoms with Crippen molar-refractivity contribution in [3.05, 3.63) is 47.5 Å². The Morgan fingerprint density at radius 1 is 1.33 bits per heavy atom. The number of halogens is 1. The maximum atomic E-state index is 12.8. The number of imidazole rings is 1. The van der Waals surface area contributed by atoms with Crippen molar-refractivity contribution in [2.24, 2.45) is 0 Å². The highest BCUT2D eigenvalue weighted by Crippen LogP contribution is 2.19. The molecule has 0 atom stereocenters. The molecule has 0 bridgehead atoms. The fourth-order valence-corrected chi connectivity index (χ4v) is 2.39. The van der Waals surface area contributed by atoms with Crippen LogP contribution in [0, 0.1) is 5.82 Å². The van der Waals surface area contributed by atoms with Gasteiger partial charge >= 0.3 is 0 Å². The second-order valence-electron chi connectivity index (χ2n) is 3.86. The van der Waals surface area contributed by atoms with Gasteiger partial charge in [0.2, 0.25) is 0 Å². The van der Waals surface area contributed by atoms with E-state index in [0.29, 0.717) is 12.2 Å². The lowest BCUT2D eigenvalue weighted by Crippen LogP contribution is -2.00. The molecule has 0 radical (unpaired) electrons. The second-order valence-corrected chi connectivity index (χ2v) is 5.09. The molecule has 0 aliphatic carbocycles. The molecule has 0 fully saturated rings. The van der Waals surface area contributed by atoms with E-state index < -0.39 is 0 Å². The van der Waals surface area contributed by atoms with Crippen molar-refractivity contribution in [2.45, 2.75) is 25.2 Å². The summed E-state index contributed by atoms with van der Waals surface area (Å²) >= 11 is 1.63. The normalized spacial score (nSPS) is 10.8. The van der Waals surface area contributed by atoms with Crippen LogP contribution in [0.2, 0.25) is 0 Å². The van der Waals surface area contributed by atoms with Gasteiger partial charge in [-0.2, -0.15) is 0 Å². The van der Waals surface area contributed by atoms with Crippen molar-refractivity contribution in [2.75, 3.05) is 5.75 Å². The number of aliphatic hydroxyl groups excluding tert-OH is 1. The van der Waals surface area contributed by atoms with Crippen LogP contribution in [-0.4, -0.2) is 20.4 Å². The summed E-state index contributed by atoms with van der Waals surface area (Å²) in [5, 5.41) is 9.99. The van der Waals surface area contributed by atoms with E-state index >= 15 is 0 Å². The lowest BCUT2D eigenvalue weighted by atomic mass is 10.2. The molecule has 0 aliphatic heterocycles. The van der Waals surface area contributed by atoms with E-state index in [0.717, 1.165) is 16.5 Å². The summed E-state index contributed by atoms with van der Waals surface area (Å²) in [5.74, 6) is 0.689. The molecule has 0 unspecified atom stereocenters. The van der Waals surface area contributed by atoms with E-state index in [1.165, 1.54) is 12.1 Å². The Balaban J connectivity index is 2.21. The summed E-state index contributed by atoms with van der Waals surface area (Å²) in [5.41, 5.74) is 1.67. The zero-order valence-corrected chi connectivity index (χ0v) is 11.0. The standard InChI is InChI=1S/C13H15FN2OS/c1-2-18-13-15-12(9-17)8-16(13)7-10-3-5-11(14)6-4-10/h3-6,8,17H,2,7,9H2,1H3. The van der Waals surface area contributed by atoms with Gasteiger partial charge in [-0.3, -0.25) is 0 Å². The Labute approximate surface area is 110 Å². The monoisotopic (exact) mass is 266 g/mol. The van der Waals surface area contributed by atoms with Crippen LogP contribution in [0.5, 0.6) is 0 Å². The largest absolute Gasteiger partial charge is 0.390 e. The molecule has 1 aromatic heterocycles. The minimum atomic E-state index is -0.233. The first-order valence-electron chi connectivity index (χ1n) is 5.77. The molecule has 1 heterocycles. The van der Waals surface area contributed by atoms with Gasteiger partial charge in [-0.1, -0.05) is 30.8 Å². The lowest BCUT2D eigenvalue weighted by Gasteiger charge is -2.06. The Morgan fingerprint density at radius 2 is 2.06 bits per heavy atom. The van der Waals surface area contributed by atoms with Gasteiger partial charge in [0.15, 0.2) is 5.16 Å². The number of thioether (sulfide) groups is 1. The third-order valence-electron chi connectivity index (χ3n) is 2.49. The fraction of sp³-hybridized carbons (Fsp3) is 0.308. The third kappa shape index (κ3) is 3.11. The summed E-state index contributed by atoms with van der Waals surface area (Å²) in [7, 11) is 0. The van der Waals surface area contributed by atoms with Crippen LogP contribution in [0.1, 0.15) is 18.2 Å². The fourth-order valence-electron chi connectivity index (χ4n) is 1.67. The Hall–Kier alpha value is -1.33. The minimum absolute atomic E-state index is 0.0618. The number of hydrogen-bond donors (Lipinski definition) is 1. The molecular weight excluding hydrogens is 251 g/mol. The molecule has 2 rings (SSSR count). The van der Waals surface area contributed by atoms with Gasteiger partial charge < -0.3 is 9.67 Å². The van der Waals surface area contributed by atoms with E-state index in [1.54, 1.807) is 23.9 Å². The molecule has 1 aromatic carbocycles. The van der Waals surface area contributed by atoms with E-state index in [9.17, 15) is 4.39 Å². The van der Waals surface area contributed by atoms with E-state index in [4.69, 9.17) is 5.11 Å². The lowest BCUT2D eigenvalue weighted by molar-refractivity contribution is 0.277. The predicted molar refractivity (Wildman–Crippen MR) is 70.0 cm³/mol. The first kappa shape index (κ1) is 13.1. The molecule has 0 saturated carbocycles. The Morgan fingerprint density at radius 3 is 2.67 bits per heavy atom. The molecule has 5 heteroatoms. The van der Waals surface area contributed by atoms with Crippen LogP contribution in [0.15, 0.2) is 35.6 Å². The highest BCUT2D eigenvalue weighted by Gasteiger charge is 2.07. The minimum Gasteiger partial charge on any atom is -0.390 e. The summed E-state index contributed by atoms with van der Waals surface area (Å²) < 4.78 is 14.8. The quantitative estimate of drug-likeness (QED) is 0.846. The van der Waals surface area contributed by atoms with Crippen LogP contribution < -0.4 is 0 Å². The summed E-state index contributed by atoms with van der Waals surface area (Å²) in [6.07, 6.45) is 1.83. The summed E-state index contributed by atoms with van der Waals surface area (Å²) in [4.78, 5) is 4.33. The van der Waals surface area contributed by atoms with E-state index in [-0.39, 0.29) is 12.4 Å². The van der Waals surface area contributed by atoms with Crippen molar-refractivity contribution < 1.29 is 9.50 Å². The number of nitrogens with zero attached hydrogens (tertiary/aromatic N) is 2. The average molecular weight is 266 g/mol. The zero-order valence-electron chi connectivity index (χ0n) is 10.1. The molecular formula is C13H15FN2OS. The number of hydrogen-bond acceptors (Lipinski definition) is 3. The van der Waals surface area contributed by atoms with Crippen LogP contribution in [0.25, 0.3) is 0 Å². The second kappa shape index (κ2) is 6.02. The summed E-state index contributed by atoms with van der Waals surface area (Å²) in [6, 6.07) is 6.42. The van der Waals surface area contributed by atoms with Gasteiger partial charge in [-0.05, 0) is 23.4 Å². The van der Waals surface area contributed by atoms with Crippen molar-refractivity contribution in [3.63, 3.8) is 0 Å². The molecule has 3 nitrogen and oxygen atoms in total.